The fourth-order valence-electron chi connectivity index (χ4n) is 4.81. The van der Waals surface area contributed by atoms with Crippen molar-refractivity contribution in [1.82, 2.24) is 4.98 Å². The van der Waals surface area contributed by atoms with Crippen molar-refractivity contribution in [2.24, 2.45) is 0 Å². The van der Waals surface area contributed by atoms with Crippen LogP contribution in [0.4, 0.5) is 5.69 Å². The zero-order valence-corrected chi connectivity index (χ0v) is 21.8. The molecule has 0 saturated carbocycles. The minimum Gasteiger partial charge on any atom is -0.497 e. The molecular weight excluding hydrogens is 484 g/mol. The summed E-state index contributed by atoms with van der Waals surface area (Å²) in [4.78, 5) is 17.9. The van der Waals surface area contributed by atoms with Gasteiger partial charge in [0.25, 0.3) is 0 Å². The van der Waals surface area contributed by atoms with E-state index in [9.17, 15) is 4.79 Å². The molecule has 3 aromatic carbocycles. The average molecular weight is 513 g/mol. The van der Waals surface area contributed by atoms with Gasteiger partial charge in [-0.3, -0.25) is 4.79 Å². The van der Waals surface area contributed by atoms with Crippen LogP contribution in [0.3, 0.4) is 0 Å². The van der Waals surface area contributed by atoms with Gasteiger partial charge in [-0.1, -0.05) is 54.1 Å². The van der Waals surface area contributed by atoms with E-state index in [2.05, 4.69) is 16.4 Å². The second-order valence-corrected chi connectivity index (χ2v) is 9.63. The Labute approximate surface area is 222 Å². The number of benzene rings is 3. The number of ether oxygens (including phenoxy) is 2. The SMILES string of the molecule is COc1ccc(-c2cnc(Oc3cccc4c3CCCC4)c(NC(=O)Cc3ccccc3Cl)c2C)cc1. The molecule has 0 fully saturated rings. The molecule has 5 rings (SSSR count). The van der Waals surface area contributed by atoms with Gasteiger partial charge in [-0.05, 0) is 84.7 Å². The van der Waals surface area contributed by atoms with E-state index in [1.54, 1.807) is 19.4 Å². The number of methoxy groups -OCH3 is 1. The minimum absolute atomic E-state index is 0.145. The lowest BCUT2D eigenvalue weighted by molar-refractivity contribution is -0.115. The molecule has 0 radical (unpaired) electrons. The number of carbonyl (C=O) groups excluding carboxylic acids is 1. The molecule has 0 saturated heterocycles. The van der Waals surface area contributed by atoms with Crippen LogP contribution in [0.1, 0.15) is 35.1 Å². The van der Waals surface area contributed by atoms with Gasteiger partial charge in [0.15, 0.2) is 0 Å². The number of aryl methyl sites for hydroxylation is 1. The molecule has 0 unspecified atom stereocenters. The third-order valence-corrected chi connectivity index (χ3v) is 7.21. The highest BCUT2D eigenvalue weighted by molar-refractivity contribution is 6.31. The highest BCUT2D eigenvalue weighted by atomic mass is 35.5. The molecule has 6 heteroatoms. The maximum Gasteiger partial charge on any atom is 0.243 e. The maximum atomic E-state index is 13.2. The first kappa shape index (κ1) is 24.8. The molecule has 188 valence electrons. The highest BCUT2D eigenvalue weighted by Gasteiger charge is 2.21. The van der Waals surface area contributed by atoms with Crippen molar-refractivity contribution >= 4 is 23.2 Å². The summed E-state index contributed by atoms with van der Waals surface area (Å²) >= 11 is 6.31. The summed E-state index contributed by atoms with van der Waals surface area (Å²) in [6.45, 7) is 1.97. The standard InChI is InChI=1S/C31H29ClN2O3/c1-20-26(22-14-16-24(36-2)17-15-22)19-33-31(37-28-13-7-10-21-8-3-5-11-25(21)28)30(20)34-29(35)18-23-9-4-6-12-27(23)32/h4,6-7,9-10,12-17,19H,3,5,8,11,18H2,1-2H3,(H,34,35). The number of halogens is 1. The van der Waals surface area contributed by atoms with Crippen molar-refractivity contribution in [3.63, 3.8) is 0 Å². The highest BCUT2D eigenvalue weighted by Crippen LogP contribution is 2.39. The van der Waals surface area contributed by atoms with Gasteiger partial charge in [0.05, 0.1) is 13.5 Å². The minimum atomic E-state index is -0.190. The number of anilines is 1. The molecule has 1 aliphatic rings. The lowest BCUT2D eigenvalue weighted by Gasteiger charge is -2.21. The largest absolute Gasteiger partial charge is 0.497 e. The number of amides is 1. The van der Waals surface area contributed by atoms with Crippen molar-refractivity contribution in [2.45, 2.75) is 39.0 Å². The fourth-order valence-corrected chi connectivity index (χ4v) is 5.01. The summed E-state index contributed by atoms with van der Waals surface area (Å²) in [6.07, 6.45) is 6.29. The van der Waals surface area contributed by atoms with Gasteiger partial charge < -0.3 is 14.8 Å². The number of hydrogen-bond acceptors (Lipinski definition) is 4. The number of nitrogens with zero attached hydrogens (tertiary/aromatic N) is 1. The zero-order valence-electron chi connectivity index (χ0n) is 21.0. The van der Waals surface area contributed by atoms with Crippen LogP contribution in [-0.4, -0.2) is 18.0 Å². The Hall–Kier alpha value is -3.83. The van der Waals surface area contributed by atoms with E-state index in [0.717, 1.165) is 53.0 Å². The summed E-state index contributed by atoms with van der Waals surface area (Å²) in [5.74, 6) is 1.75. The summed E-state index contributed by atoms with van der Waals surface area (Å²) in [7, 11) is 1.64. The summed E-state index contributed by atoms with van der Waals surface area (Å²) in [6, 6.07) is 21.3. The maximum absolute atomic E-state index is 13.2. The van der Waals surface area contributed by atoms with E-state index in [4.69, 9.17) is 21.1 Å². The predicted octanol–water partition coefficient (Wildman–Crippen LogP) is 7.57. The Bertz CT molecular complexity index is 1430. The van der Waals surface area contributed by atoms with Gasteiger partial charge in [0.2, 0.25) is 11.8 Å². The van der Waals surface area contributed by atoms with Crippen LogP contribution >= 0.6 is 11.6 Å². The molecule has 4 aromatic rings. The van der Waals surface area contributed by atoms with Gasteiger partial charge >= 0.3 is 0 Å². The number of carbonyl (C=O) groups is 1. The first-order chi connectivity index (χ1) is 18.0. The summed E-state index contributed by atoms with van der Waals surface area (Å²) in [5, 5.41) is 3.64. The second-order valence-electron chi connectivity index (χ2n) is 9.22. The van der Waals surface area contributed by atoms with Gasteiger partial charge in [-0.2, -0.15) is 0 Å². The van der Waals surface area contributed by atoms with Gasteiger partial charge in [0.1, 0.15) is 17.2 Å². The first-order valence-corrected chi connectivity index (χ1v) is 12.9. The predicted molar refractivity (Wildman–Crippen MR) is 148 cm³/mol. The van der Waals surface area contributed by atoms with Gasteiger partial charge in [-0.25, -0.2) is 4.98 Å². The van der Waals surface area contributed by atoms with Crippen molar-refractivity contribution in [2.75, 3.05) is 12.4 Å². The van der Waals surface area contributed by atoms with Crippen molar-refractivity contribution in [3.05, 3.63) is 100 Å². The van der Waals surface area contributed by atoms with E-state index in [1.807, 2.05) is 61.5 Å². The van der Waals surface area contributed by atoms with E-state index < -0.39 is 0 Å². The zero-order chi connectivity index (χ0) is 25.8. The van der Waals surface area contributed by atoms with Crippen molar-refractivity contribution in [1.29, 1.82) is 0 Å². The molecular formula is C31H29ClN2O3. The van der Waals surface area contributed by atoms with Crippen LogP contribution in [0, 0.1) is 6.92 Å². The molecule has 5 nitrogen and oxygen atoms in total. The smallest absolute Gasteiger partial charge is 0.243 e. The molecule has 1 amide bonds. The Balaban J connectivity index is 1.52. The Kier molecular flexibility index (Phi) is 7.42. The number of aromatic nitrogens is 1. The average Bonchev–Trinajstić information content (AvgIpc) is 2.92. The van der Waals surface area contributed by atoms with E-state index in [0.29, 0.717) is 16.6 Å². The molecule has 0 bridgehead atoms. The van der Waals surface area contributed by atoms with Crippen LogP contribution in [0.2, 0.25) is 5.02 Å². The molecule has 0 aliphatic heterocycles. The molecule has 1 aliphatic carbocycles. The lowest BCUT2D eigenvalue weighted by atomic mass is 9.91. The Morgan fingerprint density at radius 2 is 1.78 bits per heavy atom. The third-order valence-electron chi connectivity index (χ3n) is 6.84. The van der Waals surface area contributed by atoms with Crippen LogP contribution in [0.25, 0.3) is 11.1 Å². The third kappa shape index (κ3) is 5.47. The Morgan fingerprint density at radius 3 is 2.57 bits per heavy atom. The number of nitrogens with one attached hydrogen (secondary N) is 1. The number of hydrogen-bond donors (Lipinski definition) is 1. The van der Waals surface area contributed by atoms with Gasteiger partial charge in [0, 0.05) is 16.8 Å². The van der Waals surface area contributed by atoms with Crippen LogP contribution < -0.4 is 14.8 Å². The summed E-state index contributed by atoms with van der Waals surface area (Å²) < 4.78 is 11.7. The number of fused-ring (bicyclic) bond motifs is 1. The fraction of sp³-hybridized carbons (Fsp3) is 0.226. The molecule has 0 spiro atoms. The molecule has 1 heterocycles. The monoisotopic (exact) mass is 512 g/mol. The molecule has 37 heavy (non-hydrogen) atoms. The molecule has 0 atom stereocenters. The second kappa shape index (κ2) is 11.1. The van der Waals surface area contributed by atoms with Crippen molar-refractivity contribution in [3.8, 4) is 28.5 Å². The lowest BCUT2D eigenvalue weighted by Crippen LogP contribution is -2.17. The quantitative estimate of drug-likeness (QED) is 0.277. The number of rotatable bonds is 7. The van der Waals surface area contributed by atoms with Crippen LogP contribution in [0.15, 0.2) is 72.9 Å². The number of pyridine rings is 1. The Morgan fingerprint density at radius 1 is 1.00 bits per heavy atom. The molecule has 1 aromatic heterocycles. The van der Waals surface area contributed by atoms with Gasteiger partial charge in [-0.15, -0.1) is 0 Å². The normalized spacial score (nSPS) is 12.5. The summed E-state index contributed by atoms with van der Waals surface area (Å²) in [5.41, 5.74) is 6.60. The van der Waals surface area contributed by atoms with E-state index >= 15 is 0 Å². The van der Waals surface area contributed by atoms with E-state index in [1.165, 1.54) is 17.5 Å². The van der Waals surface area contributed by atoms with E-state index in [-0.39, 0.29) is 12.3 Å². The van der Waals surface area contributed by atoms with Crippen molar-refractivity contribution < 1.29 is 14.3 Å². The topological polar surface area (TPSA) is 60.5 Å². The van der Waals surface area contributed by atoms with Crippen LogP contribution in [-0.2, 0) is 24.1 Å². The first-order valence-electron chi connectivity index (χ1n) is 12.5. The van der Waals surface area contributed by atoms with Crippen LogP contribution in [0.5, 0.6) is 17.4 Å². The molecule has 1 N–H and O–H groups in total.